The average molecular weight is 883 g/mol. The third kappa shape index (κ3) is 8.29. The summed E-state index contributed by atoms with van der Waals surface area (Å²) in [6.07, 6.45) is 19.2. The fraction of sp³-hybridized carbons (Fsp3) is 0.528. The molecule has 12 heteroatoms. The molecule has 6 N–H and O–H groups in total. The standard InChI is InChI=1S/C53H66N6O6/c1-5-56-43-24-36-9-6-12-39-35-11-8-21-51(3,25-34-16-19-44(54)58-28-34)26-37-10-7-13-41-47(37)49(62)53(50(63)64-30-42(43)40(18-17-35)46(36)39)52(65-53,48(41)61)27-38(29-60)32(2)14-15-33-20-22-57-45(23-33)59-31-55-4/h6-7,9-10,13,16,19-20,22-24,28,35,39-40,42-43,46,55-56,60H,5,8,11-12,14-15,17-18,21,25-27,29-31H2,1-4H3,(H2,54,58)(H,57,59). The number of Topliss-reactive ketones (excluding diaryl/α,β-unsaturated/α-hetero) is 2. The number of ketones is 2. The number of carbonyl (C=O) groups excluding carboxylic acids is 3. The molecule has 2 fully saturated rings. The van der Waals surface area contributed by atoms with Gasteiger partial charge in [-0.15, -0.1) is 0 Å². The molecule has 5 heterocycles. The quantitative estimate of drug-likeness (QED) is 0.0386. The molecule has 2 aromatic heterocycles. The SMILES string of the molecule is CCNC1C=C2C=CCC3C4CCCC(C)(Cc5ccc(N)nc5)Cc5cccc6c5C(=O)C5(OC5(CC(CO)=C(C)CCc5ccnc(NCNC)c5)C6=O)C(=O)OCC1C(CC4)C23. The third-order valence-corrected chi connectivity index (χ3v) is 16.0. The third-order valence-electron chi connectivity index (χ3n) is 16.0. The molecule has 344 valence electrons. The average Bonchev–Trinajstić information content (AvgIpc) is 4.01. The monoisotopic (exact) mass is 883 g/mol. The van der Waals surface area contributed by atoms with E-state index in [1.165, 1.54) is 5.57 Å². The molecule has 12 nitrogen and oxygen atoms in total. The zero-order chi connectivity index (χ0) is 45.5. The fourth-order valence-corrected chi connectivity index (χ4v) is 12.7. The van der Waals surface area contributed by atoms with Gasteiger partial charge >= 0.3 is 5.97 Å². The molecule has 0 amide bonds. The Hall–Kier alpha value is -5.01. The Morgan fingerprint density at radius 1 is 1.02 bits per heavy atom. The molecule has 1 spiro atoms. The van der Waals surface area contributed by atoms with Crippen molar-refractivity contribution in [1.29, 1.82) is 0 Å². The minimum absolute atomic E-state index is 0.0184. The molecular formula is C53H66N6O6. The van der Waals surface area contributed by atoms with Crippen LogP contribution in [0.5, 0.6) is 0 Å². The van der Waals surface area contributed by atoms with Crippen molar-refractivity contribution in [2.45, 2.75) is 109 Å². The lowest BCUT2D eigenvalue weighted by Gasteiger charge is -2.52. The molecule has 6 bridgehead atoms. The van der Waals surface area contributed by atoms with E-state index in [-0.39, 0.29) is 54.1 Å². The lowest BCUT2D eigenvalue weighted by Crippen LogP contribution is -2.53. The Bertz CT molecular complexity index is 2410. The lowest BCUT2D eigenvalue weighted by molar-refractivity contribution is -0.151. The molecule has 7 aliphatic rings. The second kappa shape index (κ2) is 18.3. The number of nitrogens with zero attached hydrogens (tertiary/aromatic N) is 2. The van der Waals surface area contributed by atoms with Crippen molar-refractivity contribution in [3.63, 3.8) is 0 Å². The van der Waals surface area contributed by atoms with E-state index >= 15 is 14.4 Å². The van der Waals surface area contributed by atoms with Crippen LogP contribution < -0.4 is 21.7 Å². The molecule has 10 rings (SSSR count). The van der Waals surface area contributed by atoms with Crippen molar-refractivity contribution in [1.82, 2.24) is 20.6 Å². The second-order valence-corrected chi connectivity index (χ2v) is 20.1. The summed E-state index contributed by atoms with van der Waals surface area (Å²) in [5.41, 5.74) is 7.79. The number of aryl methyl sites for hydroxylation is 1. The predicted molar refractivity (Wildman–Crippen MR) is 251 cm³/mol. The molecular weight excluding hydrogens is 817 g/mol. The number of carbonyl (C=O) groups is 3. The van der Waals surface area contributed by atoms with Gasteiger partial charge in [-0.2, -0.15) is 0 Å². The summed E-state index contributed by atoms with van der Waals surface area (Å²) in [7, 11) is 1.86. The van der Waals surface area contributed by atoms with Crippen molar-refractivity contribution in [2.75, 3.05) is 44.5 Å². The molecule has 9 atom stereocenters. The molecule has 0 radical (unpaired) electrons. The molecule has 1 saturated carbocycles. The van der Waals surface area contributed by atoms with Gasteiger partial charge in [-0.1, -0.05) is 74.8 Å². The molecule has 1 aromatic carbocycles. The normalized spacial score (nSPS) is 31.9. The van der Waals surface area contributed by atoms with Crippen molar-refractivity contribution in [3.05, 3.63) is 118 Å². The zero-order valence-corrected chi connectivity index (χ0v) is 38.5. The summed E-state index contributed by atoms with van der Waals surface area (Å²) in [5.74, 6) is 1.15. The van der Waals surface area contributed by atoms with Gasteiger partial charge in [-0.25, -0.2) is 14.8 Å². The second-order valence-electron chi connectivity index (χ2n) is 20.1. The number of hydrogen-bond acceptors (Lipinski definition) is 12. The van der Waals surface area contributed by atoms with Crippen LogP contribution in [0.3, 0.4) is 0 Å². The van der Waals surface area contributed by atoms with Crippen molar-refractivity contribution in [2.24, 2.45) is 35.0 Å². The van der Waals surface area contributed by atoms with Crippen LogP contribution in [0.4, 0.5) is 11.6 Å². The van der Waals surface area contributed by atoms with E-state index in [4.69, 9.17) is 15.2 Å². The number of aliphatic hydroxyl groups is 1. The Morgan fingerprint density at radius 2 is 1.88 bits per heavy atom. The van der Waals surface area contributed by atoms with Crippen LogP contribution in [0.2, 0.25) is 0 Å². The number of pyridine rings is 2. The number of rotatable bonds is 13. The maximum atomic E-state index is 15.6. The number of anilines is 2. The topological polar surface area (TPSA) is 181 Å². The molecule has 9 unspecified atom stereocenters. The smallest absolute Gasteiger partial charge is 0.350 e. The molecule has 65 heavy (non-hydrogen) atoms. The summed E-state index contributed by atoms with van der Waals surface area (Å²) in [6, 6.07) is 13.3. The van der Waals surface area contributed by atoms with Gasteiger partial charge in [0.25, 0.3) is 5.60 Å². The highest BCUT2D eigenvalue weighted by Gasteiger charge is 2.86. The van der Waals surface area contributed by atoms with Crippen molar-refractivity contribution < 1.29 is 29.0 Å². The first-order valence-corrected chi connectivity index (χ1v) is 24.0. The molecule has 1 saturated heterocycles. The van der Waals surface area contributed by atoms with Gasteiger partial charge in [-0.3, -0.25) is 9.59 Å². The lowest BCUT2D eigenvalue weighted by atomic mass is 9.54. The number of hydrogen-bond donors (Lipinski definition) is 5. The molecule has 3 aliphatic heterocycles. The molecule has 4 aliphatic carbocycles. The Morgan fingerprint density at radius 3 is 2.66 bits per heavy atom. The highest BCUT2D eigenvalue weighted by molar-refractivity contribution is 6.33. The van der Waals surface area contributed by atoms with Crippen LogP contribution in [0, 0.1) is 35.0 Å². The van der Waals surface area contributed by atoms with E-state index in [0.717, 1.165) is 73.2 Å². The largest absolute Gasteiger partial charge is 0.463 e. The molecule has 3 aromatic rings. The maximum Gasteiger partial charge on any atom is 0.350 e. The van der Waals surface area contributed by atoms with E-state index in [0.29, 0.717) is 61.5 Å². The minimum atomic E-state index is -2.19. The number of benzene rings is 1. The van der Waals surface area contributed by atoms with Gasteiger partial charge in [-0.05, 0) is 147 Å². The van der Waals surface area contributed by atoms with Crippen LogP contribution in [0.15, 0.2) is 89.8 Å². The zero-order valence-electron chi connectivity index (χ0n) is 38.5. The summed E-state index contributed by atoms with van der Waals surface area (Å²) >= 11 is 0. The number of nitrogens with two attached hydrogens (primary N) is 1. The van der Waals surface area contributed by atoms with Crippen LogP contribution in [-0.2, 0) is 33.5 Å². The van der Waals surface area contributed by atoms with Gasteiger partial charge in [0.15, 0.2) is 11.4 Å². The van der Waals surface area contributed by atoms with Gasteiger partial charge in [0.2, 0.25) is 5.78 Å². The Labute approximate surface area is 383 Å². The van der Waals surface area contributed by atoms with Crippen molar-refractivity contribution >= 4 is 29.2 Å². The van der Waals surface area contributed by atoms with Gasteiger partial charge < -0.3 is 36.3 Å². The highest BCUT2D eigenvalue weighted by Crippen LogP contribution is 2.61. The number of epoxide rings is 1. The highest BCUT2D eigenvalue weighted by atomic mass is 16.7. The first-order chi connectivity index (χ1) is 31.4. The number of aromatic nitrogens is 2. The van der Waals surface area contributed by atoms with Crippen LogP contribution in [0.1, 0.15) is 110 Å². The number of nitrogen functional groups attached to an aromatic ring is 1. The van der Waals surface area contributed by atoms with Gasteiger partial charge in [0.05, 0.1) is 19.9 Å². The Balaban J connectivity index is 1.11. The van der Waals surface area contributed by atoms with Gasteiger partial charge in [0, 0.05) is 41.9 Å². The first kappa shape index (κ1) is 45.2. The number of likely N-dealkylation sites (N-methyl/N-ethyl adjacent to an activating group) is 1. The fourth-order valence-electron chi connectivity index (χ4n) is 12.7. The number of aliphatic hydroxyl groups excluding tert-OH is 1. The van der Waals surface area contributed by atoms with Crippen LogP contribution in [-0.4, -0.2) is 83.3 Å². The van der Waals surface area contributed by atoms with E-state index in [9.17, 15) is 5.11 Å². The van der Waals surface area contributed by atoms with E-state index < -0.39 is 28.7 Å². The number of allylic oxidation sites excluding steroid dienone is 4. The first-order valence-electron chi connectivity index (χ1n) is 24.0. The number of nitrogens with one attached hydrogen (secondary N) is 3. The number of ether oxygens (including phenoxy) is 2. The van der Waals surface area contributed by atoms with Crippen LogP contribution >= 0.6 is 0 Å². The Kier molecular flexibility index (Phi) is 12.7. The van der Waals surface area contributed by atoms with E-state index in [1.54, 1.807) is 12.3 Å². The van der Waals surface area contributed by atoms with E-state index in [1.807, 2.05) is 56.6 Å². The summed E-state index contributed by atoms with van der Waals surface area (Å²) in [4.78, 5) is 54.8. The number of fused-ring (bicyclic) bond motifs is 7. The van der Waals surface area contributed by atoms with Gasteiger partial charge in [0.1, 0.15) is 11.6 Å². The number of esters is 1. The van der Waals surface area contributed by atoms with E-state index in [2.05, 4.69) is 58.0 Å². The minimum Gasteiger partial charge on any atom is -0.463 e. The van der Waals surface area contributed by atoms with Crippen molar-refractivity contribution in [3.8, 4) is 0 Å². The summed E-state index contributed by atoms with van der Waals surface area (Å²) in [6.45, 7) is 7.38. The predicted octanol–water partition coefficient (Wildman–Crippen LogP) is 7.14. The maximum absolute atomic E-state index is 15.6. The van der Waals surface area contributed by atoms with Crippen LogP contribution in [0.25, 0.3) is 0 Å². The summed E-state index contributed by atoms with van der Waals surface area (Å²) in [5, 5.41) is 21.0. The summed E-state index contributed by atoms with van der Waals surface area (Å²) < 4.78 is 13.0.